The Morgan fingerprint density at radius 3 is 1.81 bits per heavy atom. The van der Waals surface area contributed by atoms with Gasteiger partial charge in [0.1, 0.15) is 0 Å². The van der Waals surface area contributed by atoms with E-state index in [1.807, 2.05) is 0 Å². The van der Waals surface area contributed by atoms with Gasteiger partial charge in [0, 0.05) is 39.2 Å². The number of fused-ring (bicyclic) bond motifs is 6. The van der Waals surface area contributed by atoms with E-state index in [2.05, 4.69) is 224 Å². The first kappa shape index (κ1) is 41.1. The van der Waals surface area contributed by atoms with Crippen LogP contribution in [0.5, 0.6) is 0 Å². The highest BCUT2D eigenvalue weighted by Crippen LogP contribution is 2.56. The van der Waals surface area contributed by atoms with Crippen LogP contribution in [0.4, 0.5) is 34.1 Å². The first-order valence-corrected chi connectivity index (χ1v) is 25.2. The first-order valence-electron chi connectivity index (χ1n) is 25.2. The zero-order chi connectivity index (χ0) is 45.3. The minimum absolute atomic E-state index is 0.174. The normalized spacial score (nSPS) is 18.5. The van der Waals surface area contributed by atoms with Crippen molar-refractivity contribution in [2.45, 2.75) is 76.5 Å². The molecule has 2 fully saturated rings. The average molecular weight is 879 g/mol. The lowest BCUT2D eigenvalue weighted by Gasteiger charge is -2.32. The molecule has 0 saturated heterocycles. The van der Waals surface area contributed by atoms with Crippen LogP contribution in [0.2, 0.25) is 0 Å². The van der Waals surface area contributed by atoms with Crippen LogP contribution in [0.3, 0.4) is 0 Å². The van der Waals surface area contributed by atoms with Crippen molar-refractivity contribution >= 4 is 44.9 Å². The van der Waals surface area contributed by atoms with Gasteiger partial charge in [0.15, 0.2) is 0 Å². The molecule has 0 aromatic heterocycles. The summed E-state index contributed by atoms with van der Waals surface area (Å²) >= 11 is 0. The van der Waals surface area contributed by atoms with Gasteiger partial charge in [0.25, 0.3) is 0 Å². The fourth-order valence-electron chi connectivity index (χ4n) is 13.0. The molecule has 2 heteroatoms. The molecular formula is C66H58N2. The summed E-state index contributed by atoms with van der Waals surface area (Å²) in [4.78, 5) is 5.14. The molecule has 2 saturated carbocycles. The second kappa shape index (κ2) is 16.6. The monoisotopic (exact) mass is 878 g/mol. The molecule has 7 aliphatic rings. The van der Waals surface area contributed by atoms with Crippen molar-refractivity contribution in [3.05, 3.63) is 239 Å². The van der Waals surface area contributed by atoms with Gasteiger partial charge >= 0.3 is 0 Å². The Bertz CT molecular complexity index is 3340. The van der Waals surface area contributed by atoms with Gasteiger partial charge in [0.05, 0.1) is 5.69 Å². The lowest BCUT2D eigenvalue weighted by atomic mass is 9.81. The van der Waals surface area contributed by atoms with Crippen LogP contribution in [0.25, 0.3) is 33.0 Å². The third kappa shape index (κ3) is 6.99. The van der Waals surface area contributed by atoms with Crippen molar-refractivity contribution in [1.29, 1.82) is 0 Å². The highest BCUT2D eigenvalue weighted by Gasteiger charge is 2.41. The molecule has 2 nitrogen and oxygen atoms in total. The molecule has 0 radical (unpaired) electrons. The van der Waals surface area contributed by atoms with Crippen LogP contribution >= 0.6 is 0 Å². The van der Waals surface area contributed by atoms with Crippen molar-refractivity contribution in [2.24, 2.45) is 11.8 Å². The molecule has 0 N–H and O–H groups in total. The molecule has 332 valence electrons. The van der Waals surface area contributed by atoms with Crippen LogP contribution < -0.4 is 9.80 Å². The number of anilines is 6. The molecule has 0 heterocycles. The summed E-state index contributed by atoms with van der Waals surface area (Å²) < 4.78 is 0. The van der Waals surface area contributed by atoms with E-state index in [4.69, 9.17) is 0 Å². The van der Waals surface area contributed by atoms with Gasteiger partial charge in [0.2, 0.25) is 0 Å². The third-order valence-electron chi connectivity index (χ3n) is 16.5. The van der Waals surface area contributed by atoms with Crippen molar-refractivity contribution in [1.82, 2.24) is 0 Å². The predicted octanol–water partition coefficient (Wildman–Crippen LogP) is 17.5. The lowest BCUT2D eigenvalue weighted by Crippen LogP contribution is -2.18. The zero-order valence-electron chi connectivity index (χ0n) is 39.3. The number of hydrogen-bond acceptors (Lipinski definition) is 2. The van der Waals surface area contributed by atoms with Crippen molar-refractivity contribution in [3.8, 4) is 22.3 Å². The van der Waals surface area contributed by atoms with E-state index in [0.29, 0.717) is 0 Å². The number of benzene rings is 9. The van der Waals surface area contributed by atoms with Gasteiger partial charge in [-0.1, -0.05) is 166 Å². The molecule has 0 amide bonds. The first-order chi connectivity index (χ1) is 33.4. The van der Waals surface area contributed by atoms with Crippen LogP contribution in [0.15, 0.2) is 200 Å². The molecule has 9 aromatic carbocycles. The fraction of sp³-hybridized carbons (Fsp3) is 0.212. The van der Waals surface area contributed by atoms with Crippen LogP contribution in [0, 0.1) is 11.8 Å². The smallest absolute Gasteiger partial charge is 0.0540 e. The maximum absolute atomic E-state index is 2.61. The van der Waals surface area contributed by atoms with Gasteiger partial charge in [-0.2, -0.15) is 0 Å². The number of rotatable bonds is 8. The number of para-hydroxylation sites is 1. The minimum Gasteiger partial charge on any atom is -0.310 e. The Kier molecular flexibility index (Phi) is 10.0. The van der Waals surface area contributed by atoms with E-state index in [-0.39, 0.29) is 5.41 Å². The molecular weight excluding hydrogens is 821 g/mol. The second-order valence-corrected chi connectivity index (χ2v) is 20.8. The van der Waals surface area contributed by atoms with E-state index >= 15 is 0 Å². The average Bonchev–Trinajstić information content (AvgIpc) is 4.09. The summed E-state index contributed by atoms with van der Waals surface area (Å²) in [6.07, 6.45) is 9.34. The summed E-state index contributed by atoms with van der Waals surface area (Å²) in [7, 11) is 0. The Morgan fingerprint density at radius 1 is 0.441 bits per heavy atom. The molecule has 9 aromatic rings. The van der Waals surface area contributed by atoms with Gasteiger partial charge in [-0.15, -0.1) is 0 Å². The van der Waals surface area contributed by atoms with Gasteiger partial charge < -0.3 is 9.80 Å². The van der Waals surface area contributed by atoms with Crippen molar-refractivity contribution in [3.63, 3.8) is 0 Å². The summed E-state index contributed by atoms with van der Waals surface area (Å²) in [5, 5.41) is 2.50. The highest BCUT2D eigenvalue weighted by molar-refractivity contribution is 6.02. The van der Waals surface area contributed by atoms with E-state index in [0.717, 1.165) is 43.4 Å². The minimum atomic E-state index is -0.174. The van der Waals surface area contributed by atoms with E-state index in [1.54, 1.807) is 0 Å². The van der Waals surface area contributed by atoms with Crippen LogP contribution in [-0.2, 0) is 31.1 Å². The van der Waals surface area contributed by atoms with Crippen molar-refractivity contribution < 1.29 is 0 Å². The lowest BCUT2D eigenvalue weighted by molar-refractivity contribution is 0.420. The third-order valence-corrected chi connectivity index (χ3v) is 16.5. The number of aryl methyl sites for hydroxylation is 4. The van der Waals surface area contributed by atoms with E-state index in [9.17, 15) is 0 Å². The molecule has 3 unspecified atom stereocenters. The molecule has 0 aliphatic heterocycles. The molecule has 16 rings (SSSR count). The second-order valence-electron chi connectivity index (χ2n) is 20.8. The van der Waals surface area contributed by atoms with E-state index in [1.165, 1.54) is 132 Å². The number of hydrogen-bond donors (Lipinski definition) is 0. The summed E-state index contributed by atoms with van der Waals surface area (Å²) in [6, 6.07) is 76.4. The topological polar surface area (TPSA) is 6.48 Å². The molecule has 0 spiro atoms. The maximum Gasteiger partial charge on any atom is 0.0540 e. The Hall–Kier alpha value is -7.16. The fourth-order valence-corrected chi connectivity index (χ4v) is 13.0. The standard InChI is InChI=1S/C66H58N2/c1-66(2)60-22-12-11-21-57(60)65-59(48-14-5-3-6-15-48)42-55(43-61(65)66)68(62-23-13-17-47-16-9-10-20-56(47)62)64-41-45-25-30-50-29-24-44(26-31-51(64)32-27-45)40-63(50)67(53-18-7-4-8-19-53)54-36-34-49(35-37-54)58-39-46-28-33-52(58)38-46/h3-24,27,29,32,34-37,40-43,46,52,58H,25-26,28,30-31,33,38-39H2,1-2H3. The zero-order valence-corrected chi connectivity index (χ0v) is 39.3. The van der Waals surface area contributed by atoms with Gasteiger partial charge in [-0.05, 0) is 184 Å². The quantitative estimate of drug-likeness (QED) is 0.150. The summed E-state index contributed by atoms with van der Waals surface area (Å²) in [5.74, 6) is 2.53. The maximum atomic E-state index is 2.61. The Balaban J connectivity index is 0.939. The predicted molar refractivity (Wildman–Crippen MR) is 286 cm³/mol. The largest absolute Gasteiger partial charge is 0.310 e. The van der Waals surface area contributed by atoms with Crippen LogP contribution in [-0.4, -0.2) is 0 Å². The molecule has 3 atom stereocenters. The van der Waals surface area contributed by atoms with Gasteiger partial charge in [-0.25, -0.2) is 0 Å². The molecule has 7 aliphatic carbocycles. The summed E-state index contributed by atoms with van der Waals surface area (Å²) in [6.45, 7) is 4.82. The molecule has 68 heavy (non-hydrogen) atoms. The van der Waals surface area contributed by atoms with Crippen molar-refractivity contribution in [2.75, 3.05) is 9.80 Å². The van der Waals surface area contributed by atoms with Gasteiger partial charge in [-0.3, -0.25) is 0 Å². The highest BCUT2D eigenvalue weighted by atomic mass is 15.2. The van der Waals surface area contributed by atoms with Crippen LogP contribution in [0.1, 0.15) is 84.4 Å². The summed E-state index contributed by atoms with van der Waals surface area (Å²) in [5.41, 5.74) is 22.2. The SMILES string of the molecule is CC1(C)c2ccccc2-c2c(-c3ccccc3)cc(N(c3cc4ccc3CCc3ccc(c(N(c5ccccc5)c5ccc(C6CC7CCC6C7)cc5)c3)CC4)c3cccc4ccccc34)cc21. The Labute approximate surface area is 402 Å². The van der Waals surface area contributed by atoms with E-state index < -0.39 is 0 Å². The number of nitrogens with zero attached hydrogens (tertiary/aromatic N) is 2. The molecule has 6 bridgehead atoms. The Morgan fingerprint density at radius 2 is 1.09 bits per heavy atom.